The summed E-state index contributed by atoms with van der Waals surface area (Å²) in [6.07, 6.45) is 3.68. The van der Waals surface area contributed by atoms with Crippen LogP contribution in [0.25, 0.3) is 22.8 Å². The van der Waals surface area contributed by atoms with Crippen LogP contribution in [0, 0.1) is 0 Å². The lowest BCUT2D eigenvalue weighted by atomic mass is 9.86. The minimum absolute atomic E-state index is 0.103. The number of nitrogens with one attached hydrogen (secondary N) is 1. The Bertz CT molecular complexity index is 1190. The highest BCUT2D eigenvalue weighted by Gasteiger charge is 2.34. The van der Waals surface area contributed by atoms with E-state index in [1.54, 1.807) is 13.1 Å². The first-order chi connectivity index (χ1) is 15.7. The van der Waals surface area contributed by atoms with Crippen LogP contribution >= 0.6 is 0 Å². The zero-order chi connectivity index (χ0) is 21.9. The number of rotatable bonds is 4. The highest BCUT2D eigenvalue weighted by Crippen LogP contribution is 2.40. The van der Waals surface area contributed by atoms with Crippen LogP contribution in [0.5, 0.6) is 0 Å². The molecule has 2 aromatic heterocycles. The van der Waals surface area contributed by atoms with E-state index < -0.39 is 0 Å². The molecule has 1 amide bonds. The molecule has 0 saturated carbocycles. The van der Waals surface area contributed by atoms with Crippen LogP contribution in [0.1, 0.15) is 43.0 Å². The lowest BCUT2D eigenvalue weighted by Gasteiger charge is -2.39. The highest BCUT2D eigenvalue weighted by atomic mass is 16.2. The average molecular weight is 423 g/mol. The van der Waals surface area contributed by atoms with E-state index in [4.69, 9.17) is 4.98 Å². The number of benzene rings is 2. The van der Waals surface area contributed by atoms with Gasteiger partial charge in [-0.1, -0.05) is 66.7 Å². The third-order valence-corrected chi connectivity index (χ3v) is 6.27. The van der Waals surface area contributed by atoms with Crippen molar-refractivity contribution in [2.24, 2.45) is 0 Å². The number of likely N-dealkylation sites (tertiary alicyclic amines) is 1. The number of imidazole rings is 1. The monoisotopic (exact) mass is 422 g/mol. The smallest absolute Gasteiger partial charge is 0.219 e. The average Bonchev–Trinajstić information content (AvgIpc) is 3.31. The number of H-pyrrole nitrogens is 1. The van der Waals surface area contributed by atoms with Crippen molar-refractivity contribution in [3.05, 3.63) is 96.3 Å². The number of aromatic amines is 1. The predicted molar refractivity (Wildman–Crippen MR) is 126 cm³/mol. The molecule has 5 heteroatoms. The SMILES string of the molecule is CC(=O)N1C[C@H](c2[nH]c(-c3ccccc3)nc2-c2ccccn2)CC[C@@H]1c1ccccc1. The summed E-state index contributed by atoms with van der Waals surface area (Å²) < 4.78 is 0. The van der Waals surface area contributed by atoms with Crippen LogP contribution in [-0.2, 0) is 4.79 Å². The van der Waals surface area contributed by atoms with Gasteiger partial charge >= 0.3 is 0 Å². The molecule has 5 rings (SSSR count). The van der Waals surface area contributed by atoms with E-state index in [1.165, 1.54) is 5.56 Å². The Morgan fingerprint density at radius 2 is 1.66 bits per heavy atom. The Balaban J connectivity index is 1.52. The van der Waals surface area contributed by atoms with E-state index in [9.17, 15) is 4.79 Å². The maximum atomic E-state index is 12.6. The van der Waals surface area contributed by atoms with Gasteiger partial charge in [0.05, 0.1) is 11.7 Å². The molecule has 32 heavy (non-hydrogen) atoms. The van der Waals surface area contributed by atoms with Crippen LogP contribution < -0.4 is 0 Å². The van der Waals surface area contributed by atoms with Gasteiger partial charge in [-0.15, -0.1) is 0 Å². The number of carbonyl (C=O) groups is 1. The Kier molecular flexibility index (Phi) is 5.55. The molecular weight excluding hydrogens is 396 g/mol. The molecule has 2 aromatic carbocycles. The van der Waals surface area contributed by atoms with E-state index in [2.05, 4.69) is 34.2 Å². The fourth-order valence-electron chi connectivity index (χ4n) is 4.69. The summed E-state index contributed by atoms with van der Waals surface area (Å²) in [7, 11) is 0. The van der Waals surface area contributed by atoms with Gasteiger partial charge in [-0.25, -0.2) is 4.98 Å². The number of piperidine rings is 1. The van der Waals surface area contributed by atoms with Gasteiger partial charge in [0.1, 0.15) is 11.5 Å². The molecule has 0 radical (unpaired) electrons. The molecule has 1 N–H and O–H groups in total. The van der Waals surface area contributed by atoms with Gasteiger partial charge in [0, 0.05) is 36.8 Å². The Labute approximate surface area is 188 Å². The van der Waals surface area contributed by atoms with E-state index in [-0.39, 0.29) is 17.9 Å². The summed E-state index contributed by atoms with van der Waals surface area (Å²) in [5.41, 5.74) is 5.01. The van der Waals surface area contributed by atoms with Crippen molar-refractivity contribution < 1.29 is 4.79 Å². The van der Waals surface area contributed by atoms with Gasteiger partial charge in [0.2, 0.25) is 5.91 Å². The minimum Gasteiger partial charge on any atom is -0.341 e. The van der Waals surface area contributed by atoms with E-state index in [1.807, 2.05) is 59.5 Å². The molecule has 4 aromatic rings. The Morgan fingerprint density at radius 3 is 2.34 bits per heavy atom. The Morgan fingerprint density at radius 1 is 0.938 bits per heavy atom. The molecule has 5 nitrogen and oxygen atoms in total. The molecule has 0 spiro atoms. The first-order valence-corrected chi connectivity index (χ1v) is 11.1. The maximum absolute atomic E-state index is 12.6. The third-order valence-electron chi connectivity index (χ3n) is 6.27. The number of aromatic nitrogens is 3. The number of nitrogens with zero attached hydrogens (tertiary/aromatic N) is 3. The first kappa shape index (κ1) is 20.2. The van der Waals surface area contributed by atoms with Crippen LogP contribution in [0.4, 0.5) is 0 Å². The second-order valence-corrected chi connectivity index (χ2v) is 8.30. The van der Waals surface area contributed by atoms with Crippen LogP contribution in [-0.4, -0.2) is 32.3 Å². The fourth-order valence-corrected chi connectivity index (χ4v) is 4.69. The molecule has 1 fully saturated rings. The molecular formula is C27H26N4O. The maximum Gasteiger partial charge on any atom is 0.219 e. The molecule has 0 bridgehead atoms. The van der Waals surface area contributed by atoms with Gasteiger partial charge in [-0.3, -0.25) is 9.78 Å². The minimum atomic E-state index is 0.103. The Hall–Kier alpha value is -3.73. The predicted octanol–water partition coefficient (Wildman–Crippen LogP) is 5.61. The van der Waals surface area contributed by atoms with Crippen molar-refractivity contribution in [2.75, 3.05) is 6.54 Å². The lowest BCUT2D eigenvalue weighted by Crippen LogP contribution is -2.40. The van der Waals surface area contributed by atoms with Crippen molar-refractivity contribution in [1.82, 2.24) is 19.9 Å². The highest BCUT2D eigenvalue weighted by molar-refractivity contribution is 5.74. The van der Waals surface area contributed by atoms with Gasteiger partial charge in [0.25, 0.3) is 0 Å². The number of pyridine rings is 1. The number of hydrogen-bond acceptors (Lipinski definition) is 3. The number of amides is 1. The third kappa shape index (κ3) is 3.94. The molecule has 0 aliphatic carbocycles. The van der Waals surface area contributed by atoms with Gasteiger partial charge in [0.15, 0.2) is 0 Å². The number of carbonyl (C=O) groups excluding carboxylic acids is 1. The van der Waals surface area contributed by atoms with Crippen molar-refractivity contribution in [2.45, 2.75) is 31.7 Å². The molecule has 2 atom stereocenters. The summed E-state index contributed by atoms with van der Waals surface area (Å²) in [6, 6.07) is 26.5. The zero-order valence-electron chi connectivity index (χ0n) is 18.1. The van der Waals surface area contributed by atoms with Crippen molar-refractivity contribution in [1.29, 1.82) is 0 Å². The number of hydrogen-bond donors (Lipinski definition) is 1. The first-order valence-electron chi connectivity index (χ1n) is 11.1. The lowest BCUT2D eigenvalue weighted by molar-refractivity contribution is -0.133. The van der Waals surface area contributed by atoms with Gasteiger partial charge in [-0.05, 0) is 30.5 Å². The fraction of sp³-hybridized carbons (Fsp3) is 0.222. The topological polar surface area (TPSA) is 61.9 Å². The quantitative estimate of drug-likeness (QED) is 0.465. The van der Waals surface area contributed by atoms with E-state index in [0.29, 0.717) is 6.54 Å². The van der Waals surface area contributed by atoms with Gasteiger partial charge in [-0.2, -0.15) is 0 Å². The summed E-state index contributed by atoms with van der Waals surface area (Å²) in [5.74, 6) is 1.10. The molecule has 3 heterocycles. The second kappa shape index (κ2) is 8.79. The normalized spacial score (nSPS) is 18.5. The molecule has 0 unspecified atom stereocenters. The van der Waals surface area contributed by atoms with Crippen molar-refractivity contribution in [3.63, 3.8) is 0 Å². The summed E-state index contributed by atoms with van der Waals surface area (Å²) >= 11 is 0. The van der Waals surface area contributed by atoms with Crippen LogP contribution in [0.15, 0.2) is 85.1 Å². The van der Waals surface area contributed by atoms with E-state index >= 15 is 0 Å². The molecule has 1 saturated heterocycles. The summed E-state index contributed by atoms with van der Waals surface area (Å²) in [5, 5.41) is 0. The molecule has 160 valence electrons. The van der Waals surface area contributed by atoms with E-state index in [0.717, 1.165) is 41.3 Å². The van der Waals surface area contributed by atoms with Crippen LogP contribution in [0.2, 0.25) is 0 Å². The molecule has 1 aliphatic rings. The zero-order valence-corrected chi connectivity index (χ0v) is 18.1. The standard InChI is InChI=1S/C27H26N4O/c1-19(32)31-18-22(15-16-24(31)20-10-4-2-5-11-20)25-26(23-14-8-9-17-28-23)30-27(29-25)21-12-6-3-7-13-21/h2-14,17,22,24H,15-16,18H2,1H3,(H,29,30)/t22-,24-/m1/s1. The van der Waals surface area contributed by atoms with Gasteiger partial charge < -0.3 is 9.88 Å². The molecule has 1 aliphatic heterocycles. The largest absolute Gasteiger partial charge is 0.341 e. The van der Waals surface area contributed by atoms with Crippen molar-refractivity contribution in [3.8, 4) is 22.8 Å². The summed E-state index contributed by atoms with van der Waals surface area (Å²) in [4.78, 5) is 27.7. The summed E-state index contributed by atoms with van der Waals surface area (Å²) in [6.45, 7) is 2.32. The van der Waals surface area contributed by atoms with Crippen LogP contribution in [0.3, 0.4) is 0 Å². The van der Waals surface area contributed by atoms with Crippen molar-refractivity contribution >= 4 is 5.91 Å². The second-order valence-electron chi connectivity index (χ2n) is 8.30.